The molecule has 1 aromatic rings. The van der Waals surface area contributed by atoms with E-state index in [0.717, 1.165) is 38.9 Å². The zero-order chi connectivity index (χ0) is 17.8. The third kappa shape index (κ3) is 4.59. The molecule has 1 aromatic heterocycles. The fourth-order valence-corrected chi connectivity index (χ4v) is 4.13. The molecule has 2 aliphatic heterocycles. The highest BCUT2D eigenvalue weighted by Crippen LogP contribution is 2.20. The Hall–Kier alpha value is -1.44. The van der Waals surface area contributed by atoms with Crippen LogP contribution in [0.3, 0.4) is 0 Å². The van der Waals surface area contributed by atoms with Gasteiger partial charge in [-0.2, -0.15) is 0 Å². The summed E-state index contributed by atoms with van der Waals surface area (Å²) in [6, 6.07) is 3.34. The molecule has 2 amide bonds. The molecule has 0 aromatic carbocycles. The summed E-state index contributed by atoms with van der Waals surface area (Å²) in [4.78, 5) is 25.8. The van der Waals surface area contributed by atoms with Crippen LogP contribution in [0, 0.1) is 0 Å². The largest absolute Gasteiger partial charge is 0.376 e. The molecule has 7 heteroatoms. The number of ether oxygens (including phenoxy) is 2. The standard InChI is InChI=1S/C18H26N2O4S/c1-11(13-5-3-9-23-13)19-17(21)15-7-8-16(25-15)18(22)20-12(2)14-6-4-10-24-14/h7-8,11-14H,3-6,9-10H2,1-2H3,(H,19,21)(H,20,22)/t11-,12+,13-,14-/m1/s1. The van der Waals surface area contributed by atoms with Gasteiger partial charge in [-0.05, 0) is 51.7 Å². The maximum Gasteiger partial charge on any atom is 0.261 e. The van der Waals surface area contributed by atoms with Crippen molar-refractivity contribution in [1.29, 1.82) is 0 Å². The van der Waals surface area contributed by atoms with Gasteiger partial charge in [-0.25, -0.2) is 0 Å². The van der Waals surface area contributed by atoms with E-state index in [9.17, 15) is 9.59 Å². The van der Waals surface area contributed by atoms with Crippen LogP contribution in [0.15, 0.2) is 12.1 Å². The van der Waals surface area contributed by atoms with Crippen LogP contribution in [-0.2, 0) is 9.47 Å². The van der Waals surface area contributed by atoms with Gasteiger partial charge in [-0.1, -0.05) is 0 Å². The molecular weight excluding hydrogens is 340 g/mol. The van der Waals surface area contributed by atoms with E-state index in [-0.39, 0.29) is 36.1 Å². The van der Waals surface area contributed by atoms with E-state index < -0.39 is 0 Å². The van der Waals surface area contributed by atoms with Crippen LogP contribution in [0.5, 0.6) is 0 Å². The number of nitrogens with one attached hydrogen (secondary N) is 2. The lowest BCUT2D eigenvalue weighted by Crippen LogP contribution is -2.40. The van der Waals surface area contributed by atoms with Gasteiger partial charge >= 0.3 is 0 Å². The lowest BCUT2D eigenvalue weighted by atomic mass is 10.1. The van der Waals surface area contributed by atoms with Gasteiger partial charge in [0.1, 0.15) is 0 Å². The molecule has 0 bridgehead atoms. The zero-order valence-electron chi connectivity index (χ0n) is 14.7. The predicted octanol–water partition coefficient (Wildman–Crippen LogP) is 2.34. The van der Waals surface area contributed by atoms with Crippen molar-refractivity contribution in [2.75, 3.05) is 13.2 Å². The molecule has 2 fully saturated rings. The van der Waals surface area contributed by atoms with Crippen molar-refractivity contribution in [1.82, 2.24) is 10.6 Å². The molecule has 138 valence electrons. The first-order valence-electron chi connectivity index (χ1n) is 8.99. The first kappa shape index (κ1) is 18.4. The van der Waals surface area contributed by atoms with Crippen LogP contribution in [0.1, 0.15) is 58.9 Å². The Bertz CT molecular complexity index is 555. The van der Waals surface area contributed by atoms with E-state index in [1.807, 2.05) is 13.8 Å². The molecule has 4 atom stereocenters. The number of hydrogen-bond acceptors (Lipinski definition) is 5. The van der Waals surface area contributed by atoms with Gasteiger partial charge in [0.15, 0.2) is 0 Å². The fraction of sp³-hybridized carbons (Fsp3) is 0.667. The highest BCUT2D eigenvalue weighted by molar-refractivity contribution is 7.15. The fourth-order valence-electron chi connectivity index (χ4n) is 3.32. The molecule has 25 heavy (non-hydrogen) atoms. The molecule has 0 saturated carbocycles. The van der Waals surface area contributed by atoms with E-state index in [4.69, 9.17) is 9.47 Å². The van der Waals surface area contributed by atoms with Crippen molar-refractivity contribution in [3.63, 3.8) is 0 Å². The number of hydrogen-bond donors (Lipinski definition) is 2. The van der Waals surface area contributed by atoms with Crippen LogP contribution in [-0.4, -0.2) is 49.3 Å². The number of amides is 2. The van der Waals surface area contributed by atoms with Crippen molar-refractivity contribution in [3.05, 3.63) is 21.9 Å². The Kier molecular flexibility index (Phi) is 6.09. The predicted molar refractivity (Wildman–Crippen MR) is 96.1 cm³/mol. The Morgan fingerprint density at radius 3 is 1.76 bits per heavy atom. The van der Waals surface area contributed by atoms with E-state index in [2.05, 4.69) is 10.6 Å². The van der Waals surface area contributed by atoms with Crippen molar-refractivity contribution >= 4 is 23.2 Å². The molecule has 0 aliphatic carbocycles. The average Bonchev–Trinajstić information content (AvgIpc) is 3.36. The number of carbonyl (C=O) groups is 2. The first-order valence-corrected chi connectivity index (χ1v) is 9.81. The summed E-state index contributed by atoms with van der Waals surface area (Å²) in [5.74, 6) is -0.307. The summed E-state index contributed by atoms with van der Waals surface area (Å²) in [7, 11) is 0. The summed E-state index contributed by atoms with van der Waals surface area (Å²) < 4.78 is 11.2. The van der Waals surface area contributed by atoms with Gasteiger partial charge in [-0.15, -0.1) is 11.3 Å². The lowest BCUT2D eigenvalue weighted by Gasteiger charge is -2.19. The number of thiophene rings is 1. The van der Waals surface area contributed by atoms with E-state index in [1.165, 1.54) is 11.3 Å². The number of rotatable bonds is 6. The molecule has 3 rings (SSSR count). The Labute approximate surface area is 152 Å². The van der Waals surface area contributed by atoms with Crippen LogP contribution in [0.4, 0.5) is 0 Å². The summed E-state index contributed by atoms with van der Waals surface area (Å²) >= 11 is 1.21. The van der Waals surface area contributed by atoms with Crippen molar-refractivity contribution < 1.29 is 19.1 Å². The summed E-state index contributed by atoms with van der Waals surface area (Å²) in [5.41, 5.74) is 0. The molecular formula is C18H26N2O4S. The van der Waals surface area contributed by atoms with Crippen molar-refractivity contribution in [2.45, 2.75) is 63.8 Å². The second kappa shape index (κ2) is 8.29. The minimum Gasteiger partial charge on any atom is -0.376 e. The van der Waals surface area contributed by atoms with Gasteiger partial charge in [0, 0.05) is 13.2 Å². The van der Waals surface area contributed by atoms with Gasteiger partial charge in [0.05, 0.1) is 34.0 Å². The van der Waals surface area contributed by atoms with E-state index in [0.29, 0.717) is 9.75 Å². The third-order valence-corrected chi connectivity index (χ3v) is 5.90. The van der Waals surface area contributed by atoms with Crippen LogP contribution in [0.25, 0.3) is 0 Å². The highest BCUT2D eigenvalue weighted by Gasteiger charge is 2.26. The number of carbonyl (C=O) groups excluding carboxylic acids is 2. The normalized spacial score (nSPS) is 25.5. The monoisotopic (exact) mass is 366 g/mol. The molecule has 2 aliphatic rings. The maximum atomic E-state index is 12.4. The molecule has 0 spiro atoms. The van der Waals surface area contributed by atoms with Crippen LogP contribution in [0.2, 0.25) is 0 Å². The SMILES string of the molecule is C[C@H](NC(=O)c1ccc(C(=O)N[C@H](C)[C@H]2CCCO2)s1)[C@H]1CCCO1. The molecule has 0 unspecified atom stereocenters. The lowest BCUT2D eigenvalue weighted by molar-refractivity contribution is 0.0714. The Balaban J connectivity index is 1.53. The van der Waals surface area contributed by atoms with Gasteiger partial charge in [0.2, 0.25) is 0 Å². The molecule has 2 saturated heterocycles. The smallest absolute Gasteiger partial charge is 0.261 e. The topological polar surface area (TPSA) is 76.7 Å². The molecule has 2 N–H and O–H groups in total. The van der Waals surface area contributed by atoms with Crippen LogP contribution < -0.4 is 10.6 Å². The van der Waals surface area contributed by atoms with Gasteiger partial charge in [-0.3, -0.25) is 9.59 Å². The van der Waals surface area contributed by atoms with E-state index >= 15 is 0 Å². The Morgan fingerprint density at radius 1 is 0.960 bits per heavy atom. The van der Waals surface area contributed by atoms with Crippen molar-refractivity contribution in [3.8, 4) is 0 Å². The van der Waals surface area contributed by atoms with E-state index in [1.54, 1.807) is 12.1 Å². The average molecular weight is 366 g/mol. The van der Waals surface area contributed by atoms with Gasteiger partial charge < -0.3 is 20.1 Å². The second-order valence-electron chi connectivity index (χ2n) is 6.79. The summed E-state index contributed by atoms with van der Waals surface area (Å²) in [6.45, 7) is 5.44. The molecule has 3 heterocycles. The maximum absolute atomic E-state index is 12.4. The zero-order valence-corrected chi connectivity index (χ0v) is 15.6. The molecule has 0 radical (unpaired) electrons. The summed E-state index contributed by atoms with van der Waals surface area (Å²) in [6.07, 6.45) is 4.19. The summed E-state index contributed by atoms with van der Waals surface area (Å²) in [5, 5.41) is 5.94. The van der Waals surface area contributed by atoms with Crippen LogP contribution >= 0.6 is 11.3 Å². The minimum atomic E-state index is -0.153. The molecule has 6 nitrogen and oxygen atoms in total. The second-order valence-corrected chi connectivity index (χ2v) is 7.87. The Morgan fingerprint density at radius 2 is 1.40 bits per heavy atom. The van der Waals surface area contributed by atoms with Crippen molar-refractivity contribution in [2.24, 2.45) is 0 Å². The first-order chi connectivity index (χ1) is 12.0. The van der Waals surface area contributed by atoms with Gasteiger partial charge in [0.25, 0.3) is 11.8 Å². The highest BCUT2D eigenvalue weighted by atomic mass is 32.1. The minimum absolute atomic E-state index is 0.0334. The third-order valence-electron chi connectivity index (χ3n) is 4.82. The quantitative estimate of drug-likeness (QED) is 0.810.